The SMILES string of the molecule is NC(=O)c1nnc(Cl)cc1Cl. The number of rotatable bonds is 1. The van der Waals surface area contributed by atoms with Crippen molar-refractivity contribution in [3.05, 3.63) is 21.9 Å². The average molecular weight is 192 g/mol. The lowest BCUT2D eigenvalue weighted by atomic mass is 10.4. The number of carbonyl (C=O) groups excluding carboxylic acids is 1. The number of aromatic nitrogens is 2. The molecule has 0 aliphatic carbocycles. The molecular formula is C5H3Cl2N3O. The van der Waals surface area contributed by atoms with E-state index < -0.39 is 5.91 Å². The summed E-state index contributed by atoms with van der Waals surface area (Å²) in [5, 5.41) is 7.01. The van der Waals surface area contributed by atoms with Crippen LogP contribution in [0.3, 0.4) is 0 Å². The van der Waals surface area contributed by atoms with Crippen LogP contribution in [0.2, 0.25) is 10.2 Å². The Labute approximate surface area is 72.3 Å². The maximum atomic E-state index is 10.5. The molecule has 0 unspecified atom stereocenters. The minimum atomic E-state index is -0.723. The van der Waals surface area contributed by atoms with E-state index in [1.165, 1.54) is 6.07 Å². The molecule has 6 heteroatoms. The molecule has 4 nitrogen and oxygen atoms in total. The summed E-state index contributed by atoms with van der Waals surface area (Å²) in [5.41, 5.74) is 4.82. The third-order valence-electron chi connectivity index (χ3n) is 0.951. The Morgan fingerprint density at radius 1 is 1.45 bits per heavy atom. The zero-order chi connectivity index (χ0) is 8.43. The van der Waals surface area contributed by atoms with Crippen LogP contribution in [-0.2, 0) is 0 Å². The van der Waals surface area contributed by atoms with E-state index in [-0.39, 0.29) is 15.9 Å². The van der Waals surface area contributed by atoms with Gasteiger partial charge in [-0.05, 0) is 6.07 Å². The number of nitrogens with zero attached hydrogens (tertiary/aromatic N) is 2. The molecule has 1 aromatic rings. The quantitative estimate of drug-likeness (QED) is 0.717. The van der Waals surface area contributed by atoms with E-state index in [1.54, 1.807) is 0 Å². The van der Waals surface area contributed by atoms with Gasteiger partial charge in [0.15, 0.2) is 10.8 Å². The molecule has 0 saturated carbocycles. The average Bonchev–Trinajstić information content (AvgIpc) is 1.85. The van der Waals surface area contributed by atoms with Crippen LogP contribution in [0.15, 0.2) is 6.07 Å². The molecule has 58 valence electrons. The summed E-state index contributed by atoms with van der Waals surface area (Å²) in [6, 6.07) is 1.30. The summed E-state index contributed by atoms with van der Waals surface area (Å²) >= 11 is 10.9. The Bertz CT molecular complexity index is 302. The van der Waals surface area contributed by atoms with E-state index in [0.717, 1.165) is 0 Å². The first-order chi connectivity index (χ1) is 5.11. The van der Waals surface area contributed by atoms with Crippen LogP contribution in [0.5, 0.6) is 0 Å². The van der Waals surface area contributed by atoms with Crippen LogP contribution in [-0.4, -0.2) is 16.1 Å². The van der Waals surface area contributed by atoms with E-state index in [1.807, 2.05) is 0 Å². The number of carbonyl (C=O) groups is 1. The van der Waals surface area contributed by atoms with Crippen molar-refractivity contribution in [1.82, 2.24) is 10.2 Å². The smallest absolute Gasteiger partial charge is 0.270 e. The van der Waals surface area contributed by atoms with E-state index >= 15 is 0 Å². The number of halogens is 2. The van der Waals surface area contributed by atoms with Gasteiger partial charge in [0.1, 0.15) is 0 Å². The molecule has 0 saturated heterocycles. The lowest BCUT2D eigenvalue weighted by Crippen LogP contribution is -2.14. The zero-order valence-corrected chi connectivity index (χ0v) is 6.73. The van der Waals surface area contributed by atoms with E-state index in [9.17, 15) is 4.79 Å². The highest BCUT2D eigenvalue weighted by Gasteiger charge is 2.08. The van der Waals surface area contributed by atoms with Gasteiger partial charge in [-0.3, -0.25) is 4.79 Å². The van der Waals surface area contributed by atoms with Gasteiger partial charge in [-0.25, -0.2) is 0 Å². The fraction of sp³-hybridized carbons (Fsp3) is 0. The lowest BCUT2D eigenvalue weighted by Gasteiger charge is -1.95. The summed E-state index contributed by atoms with van der Waals surface area (Å²) in [6.07, 6.45) is 0. The van der Waals surface area contributed by atoms with E-state index in [2.05, 4.69) is 10.2 Å². The monoisotopic (exact) mass is 191 g/mol. The summed E-state index contributed by atoms with van der Waals surface area (Å²) in [6.45, 7) is 0. The normalized spacial score (nSPS) is 9.64. The molecule has 0 aromatic carbocycles. The molecule has 2 N–H and O–H groups in total. The van der Waals surface area contributed by atoms with Crippen molar-refractivity contribution in [3.8, 4) is 0 Å². The van der Waals surface area contributed by atoms with Gasteiger partial charge in [-0.2, -0.15) is 0 Å². The maximum absolute atomic E-state index is 10.5. The third-order valence-corrected chi connectivity index (χ3v) is 1.42. The van der Waals surface area contributed by atoms with Crippen LogP contribution >= 0.6 is 23.2 Å². The first kappa shape index (κ1) is 8.23. The third kappa shape index (κ3) is 1.78. The molecule has 0 aliphatic heterocycles. The summed E-state index contributed by atoms with van der Waals surface area (Å²) < 4.78 is 0. The van der Waals surface area contributed by atoms with Crippen LogP contribution in [0.1, 0.15) is 10.5 Å². The number of hydrogen-bond acceptors (Lipinski definition) is 3. The molecule has 0 radical (unpaired) electrons. The second-order valence-electron chi connectivity index (χ2n) is 1.73. The van der Waals surface area contributed by atoms with Gasteiger partial charge in [-0.1, -0.05) is 23.2 Å². The Morgan fingerprint density at radius 2 is 2.09 bits per heavy atom. The minimum absolute atomic E-state index is 0.0731. The summed E-state index contributed by atoms with van der Waals surface area (Å²) in [4.78, 5) is 10.5. The fourth-order valence-electron chi connectivity index (χ4n) is 0.514. The van der Waals surface area contributed by atoms with Crippen molar-refractivity contribution in [3.63, 3.8) is 0 Å². The van der Waals surface area contributed by atoms with Gasteiger partial charge in [0.25, 0.3) is 5.91 Å². The molecule has 0 fully saturated rings. The van der Waals surface area contributed by atoms with Crippen LogP contribution in [0.4, 0.5) is 0 Å². The van der Waals surface area contributed by atoms with Crippen molar-refractivity contribution in [2.24, 2.45) is 5.73 Å². The largest absolute Gasteiger partial charge is 0.364 e. The highest BCUT2D eigenvalue weighted by Crippen LogP contribution is 2.15. The van der Waals surface area contributed by atoms with Gasteiger partial charge in [0.05, 0.1) is 5.02 Å². The predicted molar refractivity (Wildman–Crippen MR) is 40.6 cm³/mol. The van der Waals surface area contributed by atoms with Crippen molar-refractivity contribution in [2.45, 2.75) is 0 Å². The number of primary amides is 1. The molecule has 11 heavy (non-hydrogen) atoms. The molecule has 1 heterocycles. The van der Waals surface area contributed by atoms with Crippen molar-refractivity contribution in [1.29, 1.82) is 0 Å². The highest BCUT2D eigenvalue weighted by atomic mass is 35.5. The van der Waals surface area contributed by atoms with Crippen molar-refractivity contribution < 1.29 is 4.79 Å². The molecule has 1 aromatic heterocycles. The molecule has 0 atom stereocenters. The maximum Gasteiger partial charge on any atom is 0.270 e. The summed E-state index contributed by atoms with van der Waals surface area (Å²) in [7, 11) is 0. The second-order valence-corrected chi connectivity index (χ2v) is 2.52. The molecular weight excluding hydrogens is 189 g/mol. The number of hydrogen-bond donors (Lipinski definition) is 1. The Kier molecular flexibility index (Phi) is 2.26. The number of amides is 1. The van der Waals surface area contributed by atoms with Crippen molar-refractivity contribution >= 4 is 29.1 Å². The van der Waals surface area contributed by atoms with Crippen LogP contribution in [0, 0.1) is 0 Å². The Morgan fingerprint density at radius 3 is 2.55 bits per heavy atom. The molecule has 0 bridgehead atoms. The summed E-state index contributed by atoms with van der Waals surface area (Å²) in [5.74, 6) is -0.723. The van der Waals surface area contributed by atoms with E-state index in [4.69, 9.17) is 28.9 Å². The molecule has 0 aliphatic rings. The predicted octanol–water partition coefficient (Wildman–Crippen LogP) is 0.882. The fourth-order valence-corrected chi connectivity index (χ4v) is 0.951. The molecule has 0 spiro atoms. The molecule has 1 rings (SSSR count). The minimum Gasteiger partial charge on any atom is -0.364 e. The lowest BCUT2D eigenvalue weighted by molar-refractivity contribution is 0.0995. The molecule has 1 amide bonds. The van der Waals surface area contributed by atoms with Gasteiger partial charge in [0.2, 0.25) is 0 Å². The topological polar surface area (TPSA) is 68.9 Å². The first-order valence-corrected chi connectivity index (χ1v) is 3.35. The number of nitrogens with two attached hydrogens (primary N) is 1. The first-order valence-electron chi connectivity index (χ1n) is 2.60. The van der Waals surface area contributed by atoms with Gasteiger partial charge in [0, 0.05) is 0 Å². The van der Waals surface area contributed by atoms with Crippen LogP contribution in [0.25, 0.3) is 0 Å². The van der Waals surface area contributed by atoms with Gasteiger partial charge >= 0.3 is 0 Å². The standard InChI is InChI=1S/C5H3Cl2N3O/c6-2-1-3(7)9-10-4(2)5(8)11/h1H,(H2,8,11). The highest BCUT2D eigenvalue weighted by molar-refractivity contribution is 6.35. The zero-order valence-electron chi connectivity index (χ0n) is 5.21. The Balaban J connectivity index is 3.20. The van der Waals surface area contributed by atoms with Gasteiger partial charge in [-0.15, -0.1) is 10.2 Å². The van der Waals surface area contributed by atoms with Crippen molar-refractivity contribution in [2.75, 3.05) is 0 Å². The Hall–Kier alpha value is -0.870. The van der Waals surface area contributed by atoms with Crippen LogP contribution < -0.4 is 5.73 Å². The van der Waals surface area contributed by atoms with Gasteiger partial charge < -0.3 is 5.73 Å². The van der Waals surface area contributed by atoms with E-state index in [0.29, 0.717) is 0 Å². The second kappa shape index (κ2) is 3.02.